The Kier molecular flexibility index (Phi) is 4.31. The van der Waals surface area contributed by atoms with Gasteiger partial charge in [-0.2, -0.15) is 0 Å². The van der Waals surface area contributed by atoms with E-state index in [-0.39, 0.29) is 11.3 Å². The second-order valence-corrected chi connectivity index (χ2v) is 6.19. The van der Waals surface area contributed by atoms with Crippen LogP contribution in [-0.2, 0) is 5.41 Å². The first-order valence-electron chi connectivity index (χ1n) is 7.10. The smallest absolute Gasteiger partial charge is 0.255 e. The van der Waals surface area contributed by atoms with Crippen LogP contribution in [0.4, 0.5) is 5.69 Å². The third kappa shape index (κ3) is 3.52. The zero-order valence-corrected chi connectivity index (χ0v) is 13.0. The van der Waals surface area contributed by atoms with Crippen molar-refractivity contribution in [3.8, 4) is 0 Å². The van der Waals surface area contributed by atoms with Gasteiger partial charge in [-0.15, -0.1) is 0 Å². The van der Waals surface area contributed by atoms with Crippen molar-refractivity contribution in [1.82, 2.24) is 0 Å². The van der Waals surface area contributed by atoms with Crippen LogP contribution < -0.4 is 11.1 Å². The molecule has 0 aliphatic rings. The van der Waals surface area contributed by atoms with Crippen LogP contribution in [0, 0.1) is 0 Å². The highest BCUT2D eigenvalue weighted by Gasteiger charge is 2.21. The van der Waals surface area contributed by atoms with Crippen LogP contribution in [0.15, 0.2) is 48.5 Å². The zero-order chi connectivity index (χ0) is 16.3. The van der Waals surface area contributed by atoms with Crippen molar-refractivity contribution in [3.05, 3.63) is 65.2 Å². The monoisotopic (exact) mass is 296 g/mol. The molecular weight excluding hydrogens is 276 g/mol. The third-order valence-electron chi connectivity index (χ3n) is 3.38. The Bertz CT molecular complexity index is 715. The molecule has 0 bridgehead atoms. The number of hydrogen-bond donors (Lipinski definition) is 2. The van der Waals surface area contributed by atoms with Crippen LogP contribution >= 0.6 is 0 Å². The van der Waals surface area contributed by atoms with Crippen molar-refractivity contribution in [2.75, 3.05) is 5.32 Å². The normalized spacial score (nSPS) is 11.0. The standard InChI is InChI=1S/C18H20N2O2/c1-18(2,3)15-10-5-4-9-14(15)17(22)20-13-8-6-7-12(11-13)16(19)21/h4-11H,1-3H3,(H2,19,21)(H,20,22). The molecule has 4 nitrogen and oxygen atoms in total. The van der Waals surface area contributed by atoms with Crippen LogP contribution in [-0.4, -0.2) is 11.8 Å². The van der Waals surface area contributed by atoms with Crippen molar-refractivity contribution in [1.29, 1.82) is 0 Å². The van der Waals surface area contributed by atoms with Crippen LogP contribution in [0.25, 0.3) is 0 Å². The number of nitrogens with one attached hydrogen (secondary N) is 1. The topological polar surface area (TPSA) is 72.2 Å². The molecule has 2 aromatic carbocycles. The fraction of sp³-hybridized carbons (Fsp3) is 0.222. The first-order chi connectivity index (χ1) is 10.3. The summed E-state index contributed by atoms with van der Waals surface area (Å²) >= 11 is 0. The molecule has 0 unspecified atom stereocenters. The molecule has 0 aliphatic heterocycles. The average Bonchev–Trinajstić information content (AvgIpc) is 2.46. The van der Waals surface area contributed by atoms with Crippen LogP contribution in [0.1, 0.15) is 47.1 Å². The van der Waals surface area contributed by atoms with Gasteiger partial charge in [0.15, 0.2) is 0 Å². The summed E-state index contributed by atoms with van der Waals surface area (Å²) in [5.41, 5.74) is 7.62. The summed E-state index contributed by atoms with van der Waals surface area (Å²) in [4.78, 5) is 23.7. The van der Waals surface area contributed by atoms with E-state index in [0.717, 1.165) is 5.56 Å². The number of rotatable bonds is 3. The summed E-state index contributed by atoms with van der Waals surface area (Å²) < 4.78 is 0. The predicted molar refractivity (Wildman–Crippen MR) is 88.1 cm³/mol. The zero-order valence-electron chi connectivity index (χ0n) is 13.0. The minimum absolute atomic E-state index is 0.136. The van der Waals surface area contributed by atoms with Crippen molar-refractivity contribution in [3.63, 3.8) is 0 Å². The lowest BCUT2D eigenvalue weighted by Gasteiger charge is -2.22. The van der Waals surface area contributed by atoms with Crippen molar-refractivity contribution in [2.45, 2.75) is 26.2 Å². The summed E-state index contributed by atoms with van der Waals surface area (Å²) in [5, 5.41) is 2.82. The highest BCUT2D eigenvalue weighted by Crippen LogP contribution is 2.26. The highest BCUT2D eigenvalue weighted by molar-refractivity contribution is 6.06. The quantitative estimate of drug-likeness (QED) is 0.911. The average molecular weight is 296 g/mol. The summed E-state index contributed by atoms with van der Waals surface area (Å²) in [7, 11) is 0. The van der Waals surface area contributed by atoms with Gasteiger partial charge in [-0.05, 0) is 35.2 Å². The maximum Gasteiger partial charge on any atom is 0.255 e. The van der Waals surface area contributed by atoms with Crippen molar-refractivity contribution in [2.24, 2.45) is 5.73 Å². The molecular formula is C18H20N2O2. The Labute approximate surface area is 130 Å². The maximum atomic E-state index is 12.5. The maximum absolute atomic E-state index is 12.5. The van der Waals surface area contributed by atoms with Gasteiger partial charge in [0.2, 0.25) is 5.91 Å². The third-order valence-corrected chi connectivity index (χ3v) is 3.38. The minimum Gasteiger partial charge on any atom is -0.366 e. The molecule has 0 saturated heterocycles. The number of nitrogens with two attached hydrogens (primary N) is 1. The molecule has 2 amide bonds. The summed E-state index contributed by atoms with van der Waals surface area (Å²) in [6.45, 7) is 6.19. The van der Waals surface area contributed by atoms with E-state index in [2.05, 4.69) is 26.1 Å². The largest absolute Gasteiger partial charge is 0.366 e. The molecule has 0 aliphatic carbocycles. The molecule has 2 aromatic rings. The van der Waals surface area contributed by atoms with E-state index in [4.69, 9.17) is 5.73 Å². The second-order valence-electron chi connectivity index (χ2n) is 6.19. The van der Waals surface area contributed by atoms with E-state index < -0.39 is 5.91 Å². The molecule has 0 saturated carbocycles. The van der Waals surface area contributed by atoms with Crippen LogP contribution in [0.3, 0.4) is 0 Å². The first kappa shape index (κ1) is 15.8. The Morgan fingerprint density at radius 1 is 1.00 bits per heavy atom. The summed E-state index contributed by atoms with van der Waals surface area (Å²) in [6, 6.07) is 14.1. The van der Waals surface area contributed by atoms with Crippen LogP contribution in [0.2, 0.25) is 0 Å². The Morgan fingerprint density at radius 2 is 1.68 bits per heavy atom. The Morgan fingerprint density at radius 3 is 2.32 bits per heavy atom. The summed E-state index contributed by atoms with van der Waals surface area (Å²) in [5.74, 6) is -0.724. The molecule has 2 rings (SSSR count). The van der Waals surface area contributed by atoms with Gasteiger partial charge in [0, 0.05) is 16.8 Å². The van der Waals surface area contributed by atoms with Gasteiger partial charge in [-0.1, -0.05) is 45.0 Å². The Hall–Kier alpha value is -2.62. The lowest BCUT2D eigenvalue weighted by Crippen LogP contribution is -2.21. The van der Waals surface area contributed by atoms with Gasteiger partial charge in [0.1, 0.15) is 0 Å². The van der Waals surface area contributed by atoms with E-state index in [9.17, 15) is 9.59 Å². The highest BCUT2D eigenvalue weighted by atomic mass is 16.2. The lowest BCUT2D eigenvalue weighted by molar-refractivity contribution is 0.0996. The number of primary amides is 1. The molecule has 3 N–H and O–H groups in total. The number of anilines is 1. The van der Waals surface area contributed by atoms with E-state index in [0.29, 0.717) is 16.8 Å². The predicted octanol–water partition coefficient (Wildman–Crippen LogP) is 3.34. The number of carbonyl (C=O) groups excluding carboxylic acids is 2. The van der Waals surface area contributed by atoms with E-state index >= 15 is 0 Å². The fourth-order valence-electron chi connectivity index (χ4n) is 2.28. The van der Waals surface area contributed by atoms with Gasteiger partial charge in [0.05, 0.1) is 0 Å². The molecule has 0 fully saturated rings. The summed E-state index contributed by atoms with van der Waals surface area (Å²) in [6.07, 6.45) is 0. The molecule has 0 heterocycles. The van der Waals surface area contributed by atoms with Gasteiger partial charge in [-0.25, -0.2) is 0 Å². The number of hydrogen-bond acceptors (Lipinski definition) is 2. The van der Waals surface area contributed by atoms with E-state index in [1.54, 1.807) is 30.3 Å². The molecule has 0 spiro atoms. The van der Waals surface area contributed by atoms with Crippen molar-refractivity contribution < 1.29 is 9.59 Å². The minimum atomic E-state index is -0.522. The SMILES string of the molecule is CC(C)(C)c1ccccc1C(=O)Nc1cccc(C(N)=O)c1. The number of benzene rings is 2. The van der Waals surface area contributed by atoms with Gasteiger partial charge in [0.25, 0.3) is 5.91 Å². The molecule has 0 atom stereocenters. The van der Waals surface area contributed by atoms with Gasteiger partial charge in [-0.3, -0.25) is 9.59 Å². The molecule has 114 valence electrons. The Balaban J connectivity index is 2.31. The molecule has 0 radical (unpaired) electrons. The van der Waals surface area contributed by atoms with Crippen molar-refractivity contribution >= 4 is 17.5 Å². The lowest BCUT2D eigenvalue weighted by atomic mass is 9.83. The van der Waals surface area contributed by atoms with Gasteiger partial charge >= 0.3 is 0 Å². The van der Waals surface area contributed by atoms with Gasteiger partial charge < -0.3 is 11.1 Å². The molecule has 0 aromatic heterocycles. The van der Waals surface area contributed by atoms with E-state index in [1.807, 2.05) is 18.2 Å². The fourth-order valence-corrected chi connectivity index (χ4v) is 2.28. The number of carbonyl (C=O) groups is 2. The van der Waals surface area contributed by atoms with Crippen LogP contribution in [0.5, 0.6) is 0 Å². The second kappa shape index (κ2) is 6.02. The first-order valence-corrected chi connectivity index (χ1v) is 7.10. The molecule has 4 heteroatoms. The molecule has 22 heavy (non-hydrogen) atoms. The van der Waals surface area contributed by atoms with E-state index in [1.165, 1.54) is 0 Å². The number of amides is 2.